The lowest BCUT2D eigenvalue weighted by molar-refractivity contribution is -0.149. The molecule has 4 rings (SSSR count). The molecule has 1 saturated carbocycles. The van der Waals surface area contributed by atoms with Gasteiger partial charge in [-0.15, -0.1) is 11.3 Å². The summed E-state index contributed by atoms with van der Waals surface area (Å²) < 4.78 is 31.2. The zero-order valence-electron chi connectivity index (χ0n) is 18.4. The van der Waals surface area contributed by atoms with E-state index in [-0.39, 0.29) is 28.4 Å². The maximum absolute atomic E-state index is 13.0. The highest BCUT2D eigenvalue weighted by Crippen LogP contribution is 2.52. The third-order valence-corrected chi connectivity index (χ3v) is 8.61. The summed E-state index contributed by atoms with van der Waals surface area (Å²) in [5.74, 6) is -0.581. The van der Waals surface area contributed by atoms with Crippen LogP contribution in [-0.4, -0.2) is 30.1 Å². The van der Waals surface area contributed by atoms with Crippen molar-refractivity contribution in [1.82, 2.24) is 4.98 Å². The van der Waals surface area contributed by atoms with Gasteiger partial charge in [0.1, 0.15) is 5.76 Å². The van der Waals surface area contributed by atoms with Crippen molar-refractivity contribution in [2.75, 3.05) is 0 Å². The van der Waals surface area contributed by atoms with Gasteiger partial charge in [0.05, 0.1) is 16.8 Å². The molecule has 1 aliphatic heterocycles. The lowest BCUT2D eigenvalue weighted by Crippen LogP contribution is -2.31. The normalized spacial score (nSPS) is 19.2. The number of aromatic nitrogens is 1. The number of benzene rings is 1. The molecule has 0 saturated heterocycles. The Bertz CT molecular complexity index is 1110. The number of nitrogens with zero attached hydrogens (tertiary/aromatic N) is 1. The molecule has 1 aromatic carbocycles. The first-order chi connectivity index (χ1) is 15.3. The predicted octanol–water partition coefficient (Wildman–Crippen LogP) is 5.32. The second kappa shape index (κ2) is 8.98. The SMILES string of the molecule is CCCC1(CCC)OC(=O)C(C(c2cccc(CS(=O)(=O)c3cscn3)c2)C2CC2)=C1O. The molecule has 8 heteroatoms. The number of rotatable bonds is 10. The minimum absolute atomic E-state index is 0.0728. The number of esters is 1. The molecule has 172 valence electrons. The number of sulfone groups is 1. The van der Waals surface area contributed by atoms with Crippen LogP contribution in [0.5, 0.6) is 0 Å². The molecule has 1 N–H and O–H groups in total. The van der Waals surface area contributed by atoms with Gasteiger partial charge in [-0.1, -0.05) is 51.0 Å². The Morgan fingerprint density at radius 1 is 1.25 bits per heavy atom. The maximum atomic E-state index is 13.0. The van der Waals surface area contributed by atoms with E-state index < -0.39 is 21.4 Å². The van der Waals surface area contributed by atoms with Crippen LogP contribution in [0.25, 0.3) is 0 Å². The molecular weight excluding hydrogens is 446 g/mol. The van der Waals surface area contributed by atoms with Gasteiger partial charge in [0.2, 0.25) is 9.84 Å². The summed E-state index contributed by atoms with van der Waals surface area (Å²) >= 11 is 1.25. The zero-order valence-corrected chi connectivity index (χ0v) is 20.0. The van der Waals surface area contributed by atoms with E-state index >= 15 is 0 Å². The molecule has 1 unspecified atom stereocenters. The van der Waals surface area contributed by atoms with Gasteiger partial charge >= 0.3 is 5.97 Å². The number of carbonyl (C=O) groups is 1. The zero-order chi connectivity index (χ0) is 22.9. The summed E-state index contributed by atoms with van der Waals surface area (Å²) in [6, 6.07) is 7.35. The third-order valence-electron chi connectivity index (χ3n) is 6.30. The lowest BCUT2D eigenvalue weighted by atomic mass is 9.82. The Balaban J connectivity index is 1.70. The average Bonchev–Trinajstić information content (AvgIpc) is 3.34. The van der Waals surface area contributed by atoms with E-state index in [2.05, 4.69) is 4.98 Å². The molecule has 32 heavy (non-hydrogen) atoms. The summed E-state index contributed by atoms with van der Waals surface area (Å²) in [4.78, 5) is 17.0. The minimum atomic E-state index is -3.54. The van der Waals surface area contributed by atoms with Crippen LogP contribution in [0.3, 0.4) is 0 Å². The van der Waals surface area contributed by atoms with Crippen LogP contribution in [0.15, 0.2) is 51.5 Å². The third kappa shape index (κ3) is 4.35. The molecule has 1 aliphatic carbocycles. The predicted molar refractivity (Wildman–Crippen MR) is 123 cm³/mol. The van der Waals surface area contributed by atoms with Crippen LogP contribution in [0.1, 0.15) is 69.4 Å². The molecule has 0 spiro atoms. The first-order valence-corrected chi connectivity index (χ1v) is 13.8. The summed E-state index contributed by atoms with van der Waals surface area (Å²) in [6.07, 6.45) is 4.69. The van der Waals surface area contributed by atoms with Gasteiger partial charge in [0.15, 0.2) is 10.6 Å². The molecule has 0 amide bonds. The van der Waals surface area contributed by atoms with E-state index in [0.717, 1.165) is 31.2 Å². The van der Waals surface area contributed by atoms with E-state index in [9.17, 15) is 18.3 Å². The number of aliphatic hydroxyl groups excluding tert-OH is 1. The summed E-state index contributed by atoms with van der Waals surface area (Å²) in [7, 11) is -3.54. The Morgan fingerprint density at radius 2 is 1.97 bits per heavy atom. The molecule has 1 fully saturated rings. The number of carbonyl (C=O) groups excluding carboxylic acids is 1. The topological polar surface area (TPSA) is 93.6 Å². The van der Waals surface area contributed by atoms with Gasteiger partial charge in [0.25, 0.3) is 0 Å². The van der Waals surface area contributed by atoms with Crippen molar-refractivity contribution >= 4 is 27.1 Å². The van der Waals surface area contributed by atoms with Crippen molar-refractivity contribution in [3.05, 3.63) is 57.6 Å². The molecule has 6 nitrogen and oxygen atoms in total. The van der Waals surface area contributed by atoms with Gasteiger partial charge in [-0.3, -0.25) is 0 Å². The van der Waals surface area contributed by atoms with Crippen LogP contribution in [0, 0.1) is 5.92 Å². The number of hydrogen-bond donors (Lipinski definition) is 1. The molecule has 1 aromatic heterocycles. The minimum Gasteiger partial charge on any atom is -0.507 e. The Kier molecular flexibility index (Phi) is 6.45. The van der Waals surface area contributed by atoms with Gasteiger partial charge in [-0.25, -0.2) is 18.2 Å². The Morgan fingerprint density at radius 3 is 2.56 bits per heavy atom. The summed E-state index contributed by atoms with van der Waals surface area (Å²) in [5.41, 5.74) is 2.41. The highest BCUT2D eigenvalue weighted by molar-refractivity contribution is 7.90. The quantitative estimate of drug-likeness (QED) is 0.468. The number of ether oxygens (including phenoxy) is 1. The Hall–Kier alpha value is -2.19. The second-order valence-corrected chi connectivity index (χ2v) is 11.4. The summed E-state index contributed by atoms with van der Waals surface area (Å²) in [6.45, 7) is 4.03. The molecule has 0 bridgehead atoms. The fraction of sp³-hybridized carbons (Fsp3) is 0.500. The molecule has 0 radical (unpaired) electrons. The van der Waals surface area contributed by atoms with Crippen LogP contribution < -0.4 is 0 Å². The molecule has 2 aliphatic rings. The van der Waals surface area contributed by atoms with Crippen LogP contribution in [0.4, 0.5) is 0 Å². The molecular formula is C24H29NO5S2. The first kappa shape index (κ1) is 23.0. The summed E-state index contributed by atoms with van der Waals surface area (Å²) in [5, 5.41) is 12.9. The molecule has 1 atom stereocenters. The first-order valence-electron chi connectivity index (χ1n) is 11.2. The van der Waals surface area contributed by atoms with Crippen molar-refractivity contribution in [1.29, 1.82) is 0 Å². The van der Waals surface area contributed by atoms with E-state index in [1.165, 1.54) is 22.2 Å². The van der Waals surface area contributed by atoms with E-state index in [1.54, 1.807) is 6.07 Å². The van der Waals surface area contributed by atoms with Crippen molar-refractivity contribution in [3.63, 3.8) is 0 Å². The fourth-order valence-electron chi connectivity index (χ4n) is 4.80. The Labute approximate surface area is 193 Å². The van der Waals surface area contributed by atoms with Gasteiger partial charge in [-0.05, 0) is 42.7 Å². The second-order valence-electron chi connectivity index (χ2n) is 8.79. The highest BCUT2D eigenvalue weighted by atomic mass is 32.2. The largest absolute Gasteiger partial charge is 0.507 e. The lowest BCUT2D eigenvalue weighted by Gasteiger charge is -2.27. The standard InChI is InChI=1S/C24H29NO5S2/c1-3-10-24(11-4-2)22(26)21(23(27)30-24)20(17-8-9-17)18-7-5-6-16(12-18)14-32(28,29)19-13-31-15-25-19/h5-7,12-13,15,17,20,26H,3-4,8-11,14H2,1-2H3. The van der Waals surface area contributed by atoms with Gasteiger partial charge in [0, 0.05) is 11.3 Å². The highest BCUT2D eigenvalue weighted by Gasteiger charge is 2.51. The van der Waals surface area contributed by atoms with Crippen LogP contribution in [-0.2, 0) is 25.1 Å². The molecule has 2 aromatic rings. The molecule has 2 heterocycles. The number of cyclic esters (lactones) is 1. The van der Waals surface area contributed by atoms with Crippen molar-refractivity contribution in [2.45, 2.75) is 74.7 Å². The van der Waals surface area contributed by atoms with Crippen molar-refractivity contribution in [3.8, 4) is 0 Å². The maximum Gasteiger partial charge on any atom is 0.339 e. The number of hydrogen-bond acceptors (Lipinski definition) is 7. The van der Waals surface area contributed by atoms with Crippen molar-refractivity contribution < 1.29 is 23.1 Å². The van der Waals surface area contributed by atoms with E-state index in [1.807, 2.05) is 32.0 Å². The fourth-order valence-corrected chi connectivity index (χ4v) is 7.01. The van der Waals surface area contributed by atoms with Crippen LogP contribution in [0.2, 0.25) is 0 Å². The van der Waals surface area contributed by atoms with Crippen LogP contribution >= 0.6 is 11.3 Å². The van der Waals surface area contributed by atoms with Crippen molar-refractivity contribution in [2.24, 2.45) is 5.92 Å². The van der Waals surface area contributed by atoms with E-state index in [4.69, 9.17) is 4.74 Å². The monoisotopic (exact) mass is 475 g/mol. The van der Waals surface area contributed by atoms with Gasteiger partial charge in [-0.2, -0.15) is 0 Å². The average molecular weight is 476 g/mol. The van der Waals surface area contributed by atoms with E-state index in [0.29, 0.717) is 24.0 Å². The number of aliphatic hydroxyl groups is 1. The van der Waals surface area contributed by atoms with Gasteiger partial charge < -0.3 is 9.84 Å². The smallest absolute Gasteiger partial charge is 0.339 e. The number of thiazole rings is 1.